The topological polar surface area (TPSA) is 67.0 Å². The molecule has 2 heterocycles. The van der Waals surface area contributed by atoms with Gasteiger partial charge in [-0.05, 0) is 48.4 Å². The van der Waals surface area contributed by atoms with E-state index in [0.29, 0.717) is 11.3 Å². The number of pyridine rings is 1. The van der Waals surface area contributed by atoms with Crippen LogP contribution >= 0.6 is 0 Å². The maximum atomic E-state index is 11.3. The Morgan fingerprint density at radius 2 is 2.05 bits per heavy atom. The third kappa shape index (κ3) is 2.21. The van der Waals surface area contributed by atoms with Gasteiger partial charge in [-0.15, -0.1) is 4.91 Å². The summed E-state index contributed by atoms with van der Waals surface area (Å²) in [5, 5.41) is 12.4. The van der Waals surface area contributed by atoms with E-state index in [-0.39, 0.29) is 12.4 Å². The number of fused-ring (bicyclic) bond motifs is 1. The van der Waals surface area contributed by atoms with Gasteiger partial charge in [-0.2, -0.15) is 0 Å². The normalized spacial score (nSPS) is 11.0. The molecule has 0 radical (unpaired) electrons. The Hall–Kier alpha value is -2.53. The van der Waals surface area contributed by atoms with E-state index in [4.69, 9.17) is 0 Å². The Kier molecular flexibility index (Phi) is 3.27. The minimum atomic E-state index is -0.0635. The van der Waals surface area contributed by atoms with Crippen LogP contribution in [-0.2, 0) is 6.61 Å². The SMILES string of the molecule is Cc1ccc(C)c(-c2nc3cc(CO)ccn3c2N=O)c1. The van der Waals surface area contributed by atoms with Crippen LogP contribution in [0.2, 0.25) is 0 Å². The fraction of sp³-hybridized carbons (Fsp3) is 0.188. The number of aryl methyl sites for hydroxylation is 2. The molecule has 0 saturated carbocycles. The predicted octanol–water partition coefficient (Wildman–Crippen LogP) is 3.51. The number of hydrogen-bond acceptors (Lipinski definition) is 4. The van der Waals surface area contributed by atoms with Crippen LogP contribution < -0.4 is 0 Å². The summed E-state index contributed by atoms with van der Waals surface area (Å²) in [5.41, 5.74) is 4.96. The van der Waals surface area contributed by atoms with Gasteiger partial charge in [-0.1, -0.05) is 17.7 Å². The highest BCUT2D eigenvalue weighted by molar-refractivity contribution is 5.77. The van der Waals surface area contributed by atoms with E-state index < -0.39 is 0 Å². The van der Waals surface area contributed by atoms with Gasteiger partial charge in [0, 0.05) is 11.8 Å². The van der Waals surface area contributed by atoms with Crippen LogP contribution in [-0.4, -0.2) is 14.5 Å². The zero-order chi connectivity index (χ0) is 15.0. The van der Waals surface area contributed by atoms with Gasteiger partial charge in [0.1, 0.15) is 11.3 Å². The highest BCUT2D eigenvalue weighted by Gasteiger charge is 2.16. The summed E-state index contributed by atoms with van der Waals surface area (Å²) in [5.74, 6) is 0.281. The van der Waals surface area contributed by atoms with E-state index in [1.807, 2.05) is 32.0 Å². The lowest BCUT2D eigenvalue weighted by atomic mass is 10.0. The molecule has 0 unspecified atom stereocenters. The van der Waals surface area contributed by atoms with E-state index in [0.717, 1.165) is 22.3 Å². The number of aromatic nitrogens is 2. The largest absolute Gasteiger partial charge is 0.392 e. The Labute approximate surface area is 121 Å². The van der Waals surface area contributed by atoms with Crippen molar-refractivity contribution >= 4 is 11.5 Å². The monoisotopic (exact) mass is 281 g/mol. The first-order valence-corrected chi connectivity index (χ1v) is 6.67. The second kappa shape index (κ2) is 5.10. The van der Waals surface area contributed by atoms with Crippen LogP contribution in [0.4, 0.5) is 5.82 Å². The maximum absolute atomic E-state index is 11.3. The Morgan fingerprint density at radius 3 is 2.76 bits per heavy atom. The molecule has 5 heteroatoms. The summed E-state index contributed by atoms with van der Waals surface area (Å²) in [6, 6.07) is 9.52. The summed E-state index contributed by atoms with van der Waals surface area (Å²) in [6.45, 7) is 3.91. The van der Waals surface area contributed by atoms with Crippen molar-refractivity contribution in [1.29, 1.82) is 0 Å². The standard InChI is InChI=1S/C16H15N3O2/c1-10-3-4-11(2)13(7-10)15-16(18-21)19-6-5-12(9-20)8-14(19)17-15/h3-8,20H,9H2,1-2H3. The lowest BCUT2D eigenvalue weighted by molar-refractivity contribution is 0.282. The van der Waals surface area contributed by atoms with Crippen molar-refractivity contribution in [2.45, 2.75) is 20.5 Å². The van der Waals surface area contributed by atoms with Crippen LogP contribution in [0.15, 0.2) is 41.7 Å². The van der Waals surface area contributed by atoms with Crippen molar-refractivity contribution in [3.8, 4) is 11.3 Å². The van der Waals surface area contributed by atoms with Gasteiger partial charge in [0.25, 0.3) is 0 Å². The second-order valence-corrected chi connectivity index (χ2v) is 5.11. The fourth-order valence-corrected chi connectivity index (χ4v) is 2.43. The number of rotatable bonds is 3. The summed E-state index contributed by atoms with van der Waals surface area (Å²) in [7, 11) is 0. The van der Waals surface area contributed by atoms with Crippen LogP contribution in [0.1, 0.15) is 16.7 Å². The molecule has 3 aromatic rings. The summed E-state index contributed by atoms with van der Waals surface area (Å²) in [6.07, 6.45) is 1.71. The highest BCUT2D eigenvalue weighted by Crippen LogP contribution is 2.33. The van der Waals surface area contributed by atoms with Gasteiger partial charge in [-0.3, -0.25) is 4.40 Å². The third-order valence-corrected chi connectivity index (χ3v) is 3.58. The molecule has 0 aliphatic carbocycles. The molecule has 21 heavy (non-hydrogen) atoms. The summed E-state index contributed by atoms with van der Waals surface area (Å²) < 4.78 is 1.64. The van der Waals surface area contributed by atoms with Crippen molar-refractivity contribution in [3.63, 3.8) is 0 Å². The molecule has 3 rings (SSSR count). The molecule has 0 amide bonds. The number of hydrogen-bond donors (Lipinski definition) is 1. The van der Waals surface area contributed by atoms with E-state index in [1.54, 1.807) is 22.7 Å². The first-order chi connectivity index (χ1) is 10.1. The molecular weight excluding hydrogens is 266 g/mol. The fourth-order valence-electron chi connectivity index (χ4n) is 2.43. The van der Waals surface area contributed by atoms with Crippen LogP contribution in [0, 0.1) is 18.8 Å². The molecule has 106 valence electrons. The van der Waals surface area contributed by atoms with Crippen LogP contribution in [0.25, 0.3) is 16.9 Å². The van der Waals surface area contributed by atoms with Crippen molar-refractivity contribution < 1.29 is 5.11 Å². The molecule has 2 aromatic heterocycles. The van der Waals surface area contributed by atoms with Gasteiger partial charge in [0.15, 0.2) is 0 Å². The van der Waals surface area contributed by atoms with E-state index in [9.17, 15) is 10.0 Å². The first-order valence-electron chi connectivity index (χ1n) is 6.67. The van der Waals surface area contributed by atoms with E-state index in [1.165, 1.54) is 0 Å². The predicted molar refractivity (Wildman–Crippen MR) is 81.5 cm³/mol. The summed E-state index contributed by atoms with van der Waals surface area (Å²) >= 11 is 0. The maximum Gasteiger partial charge on any atom is 0.209 e. The Balaban J connectivity index is 2.31. The number of nitrogens with zero attached hydrogens (tertiary/aromatic N) is 3. The molecular formula is C16H15N3O2. The molecule has 0 aliphatic rings. The van der Waals surface area contributed by atoms with Gasteiger partial charge >= 0.3 is 0 Å². The number of aliphatic hydroxyl groups excluding tert-OH is 1. The zero-order valence-electron chi connectivity index (χ0n) is 11.9. The van der Waals surface area contributed by atoms with Gasteiger partial charge in [-0.25, -0.2) is 4.98 Å². The zero-order valence-corrected chi connectivity index (χ0v) is 11.9. The molecule has 0 bridgehead atoms. The van der Waals surface area contributed by atoms with Crippen molar-refractivity contribution in [2.24, 2.45) is 5.18 Å². The van der Waals surface area contributed by atoms with Gasteiger partial charge in [0.05, 0.1) is 6.61 Å². The Morgan fingerprint density at radius 1 is 1.24 bits per heavy atom. The Bertz CT molecular complexity index is 837. The molecule has 0 aliphatic heterocycles. The molecule has 0 fully saturated rings. The lowest BCUT2D eigenvalue weighted by Gasteiger charge is -2.04. The number of imidazole rings is 1. The van der Waals surface area contributed by atoms with Gasteiger partial charge in [0.2, 0.25) is 5.82 Å². The number of aliphatic hydroxyl groups is 1. The minimum absolute atomic E-state index is 0.0635. The third-order valence-electron chi connectivity index (χ3n) is 3.58. The highest BCUT2D eigenvalue weighted by atomic mass is 16.3. The smallest absolute Gasteiger partial charge is 0.209 e. The van der Waals surface area contributed by atoms with E-state index >= 15 is 0 Å². The average molecular weight is 281 g/mol. The van der Waals surface area contributed by atoms with Crippen molar-refractivity contribution in [3.05, 3.63) is 58.1 Å². The first kappa shape index (κ1) is 13.5. The molecule has 0 saturated heterocycles. The average Bonchev–Trinajstić information content (AvgIpc) is 2.86. The van der Waals surface area contributed by atoms with Crippen LogP contribution in [0.5, 0.6) is 0 Å². The number of nitroso groups, excluding NO2 is 1. The lowest BCUT2D eigenvalue weighted by Crippen LogP contribution is -1.88. The molecule has 1 aromatic carbocycles. The molecule has 0 atom stereocenters. The molecule has 0 spiro atoms. The second-order valence-electron chi connectivity index (χ2n) is 5.11. The summed E-state index contributed by atoms with van der Waals surface area (Å²) in [4.78, 5) is 15.8. The quantitative estimate of drug-likeness (QED) is 0.747. The van der Waals surface area contributed by atoms with Gasteiger partial charge < -0.3 is 5.11 Å². The molecule has 5 nitrogen and oxygen atoms in total. The van der Waals surface area contributed by atoms with E-state index in [2.05, 4.69) is 10.2 Å². The minimum Gasteiger partial charge on any atom is -0.392 e. The van der Waals surface area contributed by atoms with Crippen molar-refractivity contribution in [1.82, 2.24) is 9.38 Å². The van der Waals surface area contributed by atoms with Crippen LogP contribution in [0.3, 0.4) is 0 Å². The molecule has 1 N–H and O–H groups in total. The number of benzene rings is 1. The van der Waals surface area contributed by atoms with Crippen molar-refractivity contribution in [2.75, 3.05) is 0 Å².